The van der Waals surface area contributed by atoms with E-state index in [-0.39, 0.29) is 17.9 Å². The van der Waals surface area contributed by atoms with Crippen LogP contribution in [-0.2, 0) is 11.3 Å². The van der Waals surface area contributed by atoms with Crippen molar-refractivity contribution in [1.82, 2.24) is 14.9 Å². The standard InChI is InChI=1S/C18H21N3O3/c22-17(20-16-7-5-15(6-8-16)18(23)24)14-3-1-13(2-4-14)11-21-10-9-19-12-21/h1-4,9-10,12,15-16H,5-8,11H2,(H,20,22)(H,23,24). The van der Waals surface area contributed by atoms with Crippen LogP contribution in [0.3, 0.4) is 0 Å². The number of aliphatic carboxylic acids is 1. The van der Waals surface area contributed by atoms with Gasteiger partial charge in [0.2, 0.25) is 0 Å². The van der Waals surface area contributed by atoms with E-state index in [2.05, 4.69) is 10.3 Å². The summed E-state index contributed by atoms with van der Waals surface area (Å²) in [5.41, 5.74) is 1.73. The average Bonchev–Trinajstić information content (AvgIpc) is 3.09. The van der Waals surface area contributed by atoms with Crippen LogP contribution in [0, 0.1) is 5.92 Å². The normalized spacial score (nSPS) is 20.5. The Kier molecular flexibility index (Phi) is 4.93. The molecular weight excluding hydrogens is 306 g/mol. The summed E-state index contributed by atoms with van der Waals surface area (Å²) in [4.78, 5) is 27.3. The lowest BCUT2D eigenvalue weighted by atomic mass is 9.86. The lowest BCUT2D eigenvalue weighted by Crippen LogP contribution is -2.38. The third-order valence-corrected chi connectivity index (χ3v) is 4.55. The smallest absolute Gasteiger partial charge is 0.306 e. The Morgan fingerprint density at radius 2 is 1.88 bits per heavy atom. The van der Waals surface area contributed by atoms with E-state index in [9.17, 15) is 9.59 Å². The number of amides is 1. The Balaban J connectivity index is 1.53. The number of carbonyl (C=O) groups is 2. The van der Waals surface area contributed by atoms with Crippen molar-refractivity contribution in [3.05, 3.63) is 54.1 Å². The lowest BCUT2D eigenvalue weighted by Gasteiger charge is -2.26. The van der Waals surface area contributed by atoms with E-state index in [0.717, 1.165) is 24.9 Å². The van der Waals surface area contributed by atoms with E-state index in [0.29, 0.717) is 18.4 Å². The Morgan fingerprint density at radius 3 is 2.46 bits per heavy atom. The van der Waals surface area contributed by atoms with Crippen LogP contribution in [0.15, 0.2) is 43.0 Å². The van der Waals surface area contributed by atoms with Crippen LogP contribution in [0.1, 0.15) is 41.6 Å². The van der Waals surface area contributed by atoms with Crippen molar-refractivity contribution >= 4 is 11.9 Å². The molecule has 24 heavy (non-hydrogen) atoms. The molecule has 0 spiro atoms. The van der Waals surface area contributed by atoms with E-state index < -0.39 is 5.97 Å². The largest absolute Gasteiger partial charge is 0.481 e. The Labute approximate surface area is 140 Å². The summed E-state index contributed by atoms with van der Waals surface area (Å²) in [5, 5.41) is 12.0. The highest BCUT2D eigenvalue weighted by atomic mass is 16.4. The number of hydrogen-bond acceptors (Lipinski definition) is 3. The molecule has 6 heteroatoms. The van der Waals surface area contributed by atoms with Gasteiger partial charge < -0.3 is 15.0 Å². The van der Waals surface area contributed by atoms with Crippen LogP contribution in [-0.4, -0.2) is 32.6 Å². The summed E-state index contributed by atoms with van der Waals surface area (Å²) < 4.78 is 1.97. The maximum absolute atomic E-state index is 12.3. The summed E-state index contributed by atoms with van der Waals surface area (Å²) in [6.45, 7) is 0.723. The molecule has 0 atom stereocenters. The van der Waals surface area contributed by atoms with Crippen molar-refractivity contribution in [2.75, 3.05) is 0 Å². The fourth-order valence-electron chi connectivity index (χ4n) is 3.11. The van der Waals surface area contributed by atoms with Gasteiger partial charge in [-0.25, -0.2) is 4.98 Å². The summed E-state index contributed by atoms with van der Waals surface area (Å²) >= 11 is 0. The number of nitrogens with zero attached hydrogens (tertiary/aromatic N) is 2. The molecule has 2 aromatic rings. The minimum Gasteiger partial charge on any atom is -0.481 e. The lowest BCUT2D eigenvalue weighted by molar-refractivity contribution is -0.142. The molecule has 6 nitrogen and oxygen atoms in total. The van der Waals surface area contributed by atoms with Gasteiger partial charge in [-0.2, -0.15) is 0 Å². The predicted molar refractivity (Wildman–Crippen MR) is 88.6 cm³/mol. The van der Waals surface area contributed by atoms with Crippen molar-refractivity contribution in [1.29, 1.82) is 0 Å². The monoisotopic (exact) mass is 327 g/mol. The van der Waals surface area contributed by atoms with Gasteiger partial charge in [-0.3, -0.25) is 9.59 Å². The highest BCUT2D eigenvalue weighted by molar-refractivity contribution is 5.94. The van der Waals surface area contributed by atoms with Crippen LogP contribution >= 0.6 is 0 Å². The van der Waals surface area contributed by atoms with Crippen LogP contribution in [0.2, 0.25) is 0 Å². The molecule has 0 saturated heterocycles. The quantitative estimate of drug-likeness (QED) is 0.882. The Hall–Kier alpha value is -2.63. The summed E-state index contributed by atoms with van der Waals surface area (Å²) in [6, 6.07) is 7.60. The number of imidazole rings is 1. The van der Waals surface area contributed by atoms with Crippen molar-refractivity contribution in [3.63, 3.8) is 0 Å². The first-order valence-electron chi connectivity index (χ1n) is 8.20. The maximum atomic E-state index is 12.3. The summed E-state index contributed by atoms with van der Waals surface area (Å²) in [6.07, 6.45) is 8.10. The zero-order valence-corrected chi connectivity index (χ0v) is 13.4. The number of hydrogen-bond donors (Lipinski definition) is 2. The van der Waals surface area contributed by atoms with Gasteiger partial charge in [0.05, 0.1) is 12.2 Å². The van der Waals surface area contributed by atoms with Gasteiger partial charge in [-0.05, 0) is 43.4 Å². The summed E-state index contributed by atoms with van der Waals surface area (Å²) in [7, 11) is 0. The minimum absolute atomic E-state index is 0.0683. The van der Waals surface area contributed by atoms with Crippen molar-refractivity contribution < 1.29 is 14.7 Å². The second kappa shape index (κ2) is 7.29. The van der Waals surface area contributed by atoms with E-state index in [1.54, 1.807) is 12.5 Å². The van der Waals surface area contributed by atoms with Gasteiger partial charge in [-0.15, -0.1) is 0 Å². The third-order valence-electron chi connectivity index (χ3n) is 4.55. The molecule has 0 unspecified atom stereocenters. The fraction of sp³-hybridized carbons (Fsp3) is 0.389. The van der Waals surface area contributed by atoms with Gasteiger partial charge in [0, 0.05) is 30.5 Å². The number of carbonyl (C=O) groups excluding carboxylic acids is 1. The van der Waals surface area contributed by atoms with Gasteiger partial charge in [0.1, 0.15) is 0 Å². The molecule has 1 aliphatic rings. The number of nitrogens with one attached hydrogen (secondary N) is 1. The molecule has 1 aromatic heterocycles. The van der Waals surface area contributed by atoms with E-state index in [1.165, 1.54) is 0 Å². The van der Waals surface area contributed by atoms with Gasteiger partial charge in [0.25, 0.3) is 5.91 Å². The van der Waals surface area contributed by atoms with Gasteiger partial charge in [0.15, 0.2) is 0 Å². The van der Waals surface area contributed by atoms with Crippen LogP contribution in [0.25, 0.3) is 0 Å². The molecule has 1 fully saturated rings. The van der Waals surface area contributed by atoms with Crippen LogP contribution in [0.4, 0.5) is 0 Å². The molecule has 1 aliphatic carbocycles. The fourth-order valence-corrected chi connectivity index (χ4v) is 3.11. The number of aromatic nitrogens is 2. The van der Waals surface area contributed by atoms with Gasteiger partial charge in [-0.1, -0.05) is 12.1 Å². The average molecular weight is 327 g/mol. The molecule has 0 aliphatic heterocycles. The zero-order valence-electron chi connectivity index (χ0n) is 13.4. The second-order valence-electron chi connectivity index (χ2n) is 6.29. The van der Waals surface area contributed by atoms with Crippen molar-refractivity contribution in [2.24, 2.45) is 5.92 Å². The minimum atomic E-state index is -0.728. The van der Waals surface area contributed by atoms with Crippen LogP contribution in [0.5, 0.6) is 0 Å². The predicted octanol–water partition coefficient (Wildman–Crippen LogP) is 2.30. The van der Waals surface area contributed by atoms with E-state index in [4.69, 9.17) is 5.11 Å². The third kappa shape index (κ3) is 4.01. The maximum Gasteiger partial charge on any atom is 0.306 e. The molecule has 2 N–H and O–H groups in total. The molecule has 0 radical (unpaired) electrons. The molecule has 126 valence electrons. The first-order chi connectivity index (χ1) is 11.6. The highest BCUT2D eigenvalue weighted by Gasteiger charge is 2.26. The van der Waals surface area contributed by atoms with Crippen molar-refractivity contribution in [3.8, 4) is 0 Å². The first kappa shape index (κ1) is 16.2. The molecule has 1 amide bonds. The van der Waals surface area contributed by atoms with E-state index >= 15 is 0 Å². The Morgan fingerprint density at radius 1 is 1.17 bits per heavy atom. The SMILES string of the molecule is O=C(NC1CCC(C(=O)O)CC1)c1ccc(Cn2ccnc2)cc1. The molecule has 3 rings (SSSR count). The number of carboxylic acids is 1. The zero-order chi connectivity index (χ0) is 16.9. The molecule has 1 heterocycles. The first-order valence-corrected chi connectivity index (χ1v) is 8.20. The van der Waals surface area contributed by atoms with E-state index in [1.807, 2.05) is 35.0 Å². The van der Waals surface area contributed by atoms with Crippen molar-refractivity contribution in [2.45, 2.75) is 38.3 Å². The number of carboxylic acid groups (broad SMARTS) is 1. The van der Waals surface area contributed by atoms with Crippen LogP contribution < -0.4 is 5.32 Å². The topological polar surface area (TPSA) is 84.2 Å². The Bertz CT molecular complexity index is 687. The number of benzene rings is 1. The highest BCUT2D eigenvalue weighted by Crippen LogP contribution is 2.24. The molecule has 1 aromatic carbocycles. The number of rotatable bonds is 5. The molecular formula is C18H21N3O3. The summed E-state index contributed by atoms with van der Waals surface area (Å²) in [5.74, 6) is -1.09. The van der Waals surface area contributed by atoms with Gasteiger partial charge >= 0.3 is 5.97 Å². The molecule has 0 bridgehead atoms. The molecule has 1 saturated carbocycles. The second-order valence-corrected chi connectivity index (χ2v) is 6.29.